The summed E-state index contributed by atoms with van der Waals surface area (Å²) >= 11 is 0. The van der Waals surface area contributed by atoms with E-state index in [1.54, 1.807) is 0 Å². The van der Waals surface area contributed by atoms with Gasteiger partial charge in [0, 0.05) is 69.8 Å². The van der Waals surface area contributed by atoms with E-state index in [0.29, 0.717) is 19.2 Å². The zero-order valence-electron chi connectivity index (χ0n) is 24.3. The van der Waals surface area contributed by atoms with Crippen LogP contribution < -0.4 is 5.32 Å². The summed E-state index contributed by atoms with van der Waals surface area (Å²) < 4.78 is 7.90. The molecule has 0 bridgehead atoms. The van der Waals surface area contributed by atoms with E-state index < -0.39 is 0 Å². The molecular weight excluding hydrogens is 512 g/mol. The van der Waals surface area contributed by atoms with Gasteiger partial charge in [-0.3, -0.25) is 9.78 Å². The third kappa shape index (κ3) is 7.51. The van der Waals surface area contributed by atoms with Crippen LogP contribution in [0.15, 0.2) is 79.1 Å². The number of rotatable bonds is 13. The minimum atomic E-state index is 0.0543. The highest BCUT2D eigenvalue weighted by molar-refractivity contribution is 5.94. The lowest BCUT2D eigenvalue weighted by molar-refractivity contribution is 0.0781. The number of carbonyl (C=O) groups excluding carboxylic acids is 1. The maximum atomic E-state index is 13.0. The molecule has 2 aromatic carbocycles. The van der Waals surface area contributed by atoms with Gasteiger partial charge in [-0.2, -0.15) is 0 Å². The molecule has 8 nitrogen and oxygen atoms in total. The monoisotopic (exact) mass is 554 g/mol. The van der Waals surface area contributed by atoms with E-state index in [2.05, 4.69) is 44.0 Å². The predicted molar refractivity (Wildman–Crippen MR) is 164 cm³/mol. The second kappa shape index (κ2) is 14.2. The average Bonchev–Trinajstić information content (AvgIpc) is 3.37. The van der Waals surface area contributed by atoms with E-state index in [9.17, 15) is 4.79 Å². The molecule has 1 amide bonds. The Labute approximate surface area is 243 Å². The van der Waals surface area contributed by atoms with Crippen molar-refractivity contribution in [3.63, 3.8) is 0 Å². The fourth-order valence-electron chi connectivity index (χ4n) is 5.73. The number of piperidine rings is 1. The number of anilines is 1. The van der Waals surface area contributed by atoms with Gasteiger partial charge < -0.3 is 24.4 Å². The molecule has 0 spiro atoms. The van der Waals surface area contributed by atoms with Gasteiger partial charge in [-0.15, -0.1) is 0 Å². The molecule has 1 aliphatic rings. The number of benzene rings is 2. The molecular formula is C33H42N6O2. The van der Waals surface area contributed by atoms with Gasteiger partial charge in [0.15, 0.2) is 0 Å². The number of fused-ring (bicyclic) bond motifs is 1. The molecule has 0 radical (unpaired) electrons. The van der Waals surface area contributed by atoms with E-state index in [-0.39, 0.29) is 11.8 Å². The summed E-state index contributed by atoms with van der Waals surface area (Å²) in [5.74, 6) is 1.22. The smallest absolute Gasteiger partial charge is 0.253 e. The highest BCUT2D eigenvalue weighted by Gasteiger charge is 2.24. The van der Waals surface area contributed by atoms with Crippen molar-refractivity contribution in [1.29, 1.82) is 0 Å². The molecule has 0 saturated carbocycles. The first-order valence-electron chi connectivity index (χ1n) is 14.8. The van der Waals surface area contributed by atoms with Crippen molar-refractivity contribution in [2.45, 2.75) is 44.7 Å². The highest BCUT2D eigenvalue weighted by atomic mass is 16.5. The number of imidazole rings is 1. The summed E-state index contributed by atoms with van der Waals surface area (Å²) in [6.45, 7) is 7.93. The predicted octanol–water partition coefficient (Wildman–Crippen LogP) is 5.29. The first-order valence-corrected chi connectivity index (χ1v) is 14.8. The van der Waals surface area contributed by atoms with Gasteiger partial charge in [-0.05, 0) is 68.6 Å². The van der Waals surface area contributed by atoms with Crippen LogP contribution in [0.3, 0.4) is 0 Å². The van der Waals surface area contributed by atoms with Gasteiger partial charge in [0.25, 0.3) is 5.91 Å². The SMILES string of the molecule is CCOCCn1c(NC2CCN(CCC(CN(C)C(=O)c3ccccc3)c3cccnc3)CC2)nc2ccccc21. The Morgan fingerprint density at radius 2 is 1.83 bits per heavy atom. The summed E-state index contributed by atoms with van der Waals surface area (Å²) in [6, 6.07) is 22.3. The molecule has 0 aliphatic carbocycles. The largest absolute Gasteiger partial charge is 0.380 e. The second-order valence-corrected chi connectivity index (χ2v) is 10.9. The summed E-state index contributed by atoms with van der Waals surface area (Å²) in [6.07, 6.45) is 6.86. The zero-order valence-corrected chi connectivity index (χ0v) is 24.3. The van der Waals surface area contributed by atoms with Crippen LogP contribution in [0.5, 0.6) is 0 Å². The zero-order chi connectivity index (χ0) is 28.4. The lowest BCUT2D eigenvalue weighted by Gasteiger charge is -2.34. The number of hydrogen-bond acceptors (Lipinski definition) is 6. The van der Waals surface area contributed by atoms with Crippen molar-refractivity contribution in [2.24, 2.45) is 0 Å². The molecule has 216 valence electrons. The quantitative estimate of drug-likeness (QED) is 0.226. The number of para-hydroxylation sites is 2. The van der Waals surface area contributed by atoms with Gasteiger partial charge in [-0.25, -0.2) is 4.98 Å². The summed E-state index contributed by atoms with van der Waals surface area (Å²) in [4.78, 5) is 26.7. The van der Waals surface area contributed by atoms with Crippen LogP contribution in [0, 0.1) is 0 Å². The van der Waals surface area contributed by atoms with Crippen LogP contribution in [-0.2, 0) is 11.3 Å². The fourth-order valence-corrected chi connectivity index (χ4v) is 5.73. The number of likely N-dealkylation sites (tertiary alicyclic amines) is 1. The number of likely N-dealkylation sites (N-methyl/N-ethyl adjacent to an activating group) is 1. The standard InChI is InChI=1S/C33H42N6O2/c1-3-41-23-22-39-31-14-8-7-13-30(31)36-33(39)35-29-16-20-38(21-17-29)19-15-28(27-12-9-18-34-24-27)25-37(2)32(40)26-10-5-4-6-11-26/h4-14,18,24,28-29H,3,15-17,19-23,25H2,1-2H3,(H,35,36). The lowest BCUT2D eigenvalue weighted by atomic mass is 9.95. The number of nitrogens with zero attached hydrogens (tertiary/aromatic N) is 5. The molecule has 4 aromatic rings. The lowest BCUT2D eigenvalue weighted by Crippen LogP contribution is -2.40. The summed E-state index contributed by atoms with van der Waals surface area (Å²) in [7, 11) is 1.90. The Bertz CT molecular complexity index is 1370. The van der Waals surface area contributed by atoms with E-state index in [1.165, 1.54) is 5.56 Å². The molecule has 41 heavy (non-hydrogen) atoms. The van der Waals surface area contributed by atoms with Crippen molar-refractivity contribution < 1.29 is 9.53 Å². The van der Waals surface area contributed by atoms with Gasteiger partial charge in [0.05, 0.1) is 17.6 Å². The maximum Gasteiger partial charge on any atom is 0.253 e. The van der Waals surface area contributed by atoms with Crippen molar-refractivity contribution >= 4 is 22.9 Å². The van der Waals surface area contributed by atoms with Crippen molar-refractivity contribution in [3.8, 4) is 0 Å². The molecule has 1 atom stereocenters. The molecule has 2 aromatic heterocycles. The fraction of sp³-hybridized carbons (Fsp3) is 0.424. The number of aromatic nitrogens is 3. The van der Waals surface area contributed by atoms with E-state index in [4.69, 9.17) is 9.72 Å². The molecule has 5 rings (SSSR count). The van der Waals surface area contributed by atoms with Gasteiger partial charge in [0.2, 0.25) is 5.95 Å². The number of ether oxygens (including phenoxy) is 1. The van der Waals surface area contributed by atoms with Crippen molar-refractivity contribution in [3.05, 3.63) is 90.3 Å². The van der Waals surface area contributed by atoms with Crippen LogP contribution in [0.25, 0.3) is 11.0 Å². The summed E-state index contributed by atoms with van der Waals surface area (Å²) in [5.41, 5.74) is 4.06. The van der Waals surface area contributed by atoms with Crippen LogP contribution in [0.2, 0.25) is 0 Å². The van der Waals surface area contributed by atoms with E-state index in [1.807, 2.05) is 73.7 Å². The first-order chi connectivity index (χ1) is 20.1. The van der Waals surface area contributed by atoms with Gasteiger partial charge in [-0.1, -0.05) is 36.4 Å². The molecule has 1 N–H and O–H groups in total. The average molecular weight is 555 g/mol. The minimum absolute atomic E-state index is 0.0543. The van der Waals surface area contributed by atoms with Crippen LogP contribution in [0.4, 0.5) is 5.95 Å². The third-order valence-corrected chi connectivity index (χ3v) is 8.05. The van der Waals surface area contributed by atoms with Crippen molar-refractivity contribution in [2.75, 3.05) is 51.8 Å². The van der Waals surface area contributed by atoms with Gasteiger partial charge >= 0.3 is 0 Å². The first kappa shape index (κ1) is 28.8. The Balaban J connectivity index is 1.17. The number of hydrogen-bond donors (Lipinski definition) is 1. The van der Waals surface area contributed by atoms with Crippen LogP contribution >= 0.6 is 0 Å². The second-order valence-electron chi connectivity index (χ2n) is 10.9. The van der Waals surface area contributed by atoms with Crippen LogP contribution in [-0.4, -0.2) is 82.7 Å². The van der Waals surface area contributed by atoms with E-state index >= 15 is 0 Å². The van der Waals surface area contributed by atoms with Gasteiger partial charge in [0.1, 0.15) is 0 Å². The Kier molecular flexibility index (Phi) is 9.99. The minimum Gasteiger partial charge on any atom is -0.380 e. The molecule has 3 heterocycles. The molecule has 8 heteroatoms. The topological polar surface area (TPSA) is 75.5 Å². The van der Waals surface area contributed by atoms with Crippen molar-refractivity contribution in [1.82, 2.24) is 24.3 Å². The normalized spacial score (nSPS) is 15.2. The highest BCUT2D eigenvalue weighted by Crippen LogP contribution is 2.25. The van der Waals surface area contributed by atoms with Crippen LogP contribution in [0.1, 0.15) is 48.0 Å². The molecule has 1 saturated heterocycles. The summed E-state index contributed by atoms with van der Waals surface area (Å²) in [5, 5.41) is 3.75. The molecule has 1 fully saturated rings. The third-order valence-electron chi connectivity index (χ3n) is 8.05. The Morgan fingerprint density at radius 1 is 1.05 bits per heavy atom. The number of amides is 1. The number of pyridine rings is 1. The number of carbonyl (C=O) groups is 1. The molecule has 1 unspecified atom stereocenters. The number of nitrogens with one attached hydrogen (secondary N) is 1. The Hall–Kier alpha value is -3.75. The Morgan fingerprint density at radius 3 is 2.59 bits per heavy atom. The molecule has 1 aliphatic heterocycles. The van der Waals surface area contributed by atoms with E-state index in [0.717, 1.165) is 74.6 Å². The maximum absolute atomic E-state index is 13.0.